The molecule has 0 amide bonds. The number of hydrogen-bond donors (Lipinski definition) is 0. The molecule has 0 N–H and O–H groups in total. The second-order valence-corrected chi connectivity index (χ2v) is 18.4. The fraction of sp³-hybridized carbons (Fsp3) is 0.567. The van der Waals surface area contributed by atoms with Gasteiger partial charge < -0.3 is 14.2 Å². The van der Waals surface area contributed by atoms with Gasteiger partial charge >= 0.3 is 17.9 Å². The molecule has 0 spiro atoms. The van der Waals surface area contributed by atoms with Gasteiger partial charge in [0.25, 0.3) is 0 Å². The summed E-state index contributed by atoms with van der Waals surface area (Å²) in [5.41, 5.74) is 0. The Morgan fingerprint density at radius 3 is 0.890 bits per heavy atom. The van der Waals surface area contributed by atoms with Crippen molar-refractivity contribution in [2.75, 3.05) is 13.2 Å². The first-order chi connectivity index (χ1) is 36.0. The number of rotatable bonds is 50. The zero-order valence-electron chi connectivity index (χ0n) is 46.6. The van der Waals surface area contributed by atoms with Gasteiger partial charge in [0.2, 0.25) is 0 Å². The highest BCUT2D eigenvalue weighted by Crippen LogP contribution is 2.13. The average molecular weight is 1010 g/mol. The summed E-state index contributed by atoms with van der Waals surface area (Å²) < 4.78 is 16.7. The van der Waals surface area contributed by atoms with Gasteiger partial charge in [-0.15, -0.1) is 0 Å². The van der Waals surface area contributed by atoms with E-state index in [1.54, 1.807) is 0 Å². The molecule has 0 saturated carbocycles. The van der Waals surface area contributed by atoms with Crippen LogP contribution in [0.15, 0.2) is 158 Å². The molecule has 0 aromatic carbocycles. The van der Waals surface area contributed by atoms with Crippen LogP contribution in [-0.2, 0) is 28.6 Å². The van der Waals surface area contributed by atoms with Crippen molar-refractivity contribution >= 4 is 17.9 Å². The predicted molar refractivity (Wildman–Crippen MR) is 315 cm³/mol. The lowest BCUT2D eigenvalue weighted by atomic mass is 10.1. The number of hydrogen-bond acceptors (Lipinski definition) is 6. The molecule has 0 aliphatic heterocycles. The van der Waals surface area contributed by atoms with Crippen LogP contribution >= 0.6 is 0 Å². The van der Waals surface area contributed by atoms with Gasteiger partial charge in [0.05, 0.1) is 0 Å². The average Bonchev–Trinajstić information content (AvgIpc) is 3.39. The second kappa shape index (κ2) is 59.6. The van der Waals surface area contributed by atoms with Crippen LogP contribution in [0.1, 0.15) is 226 Å². The van der Waals surface area contributed by atoms with Crippen LogP contribution in [0.25, 0.3) is 0 Å². The smallest absolute Gasteiger partial charge is 0.306 e. The van der Waals surface area contributed by atoms with Crippen molar-refractivity contribution in [2.45, 2.75) is 232 Å². The number of carbonyl (C=O) groups is 3. The van der Waals surface area contributed by atoms with Crippen LogP contribution in [-0.4, -0.2) is 37.2 Å². The van der Waals surface area contributed by atoms with Gasteiger partial charge in [-0.25, -0.2) is 0 Å². The Labute approximate surface area is 448 Å². The van der Waals surface area contributed by atoms with Gasteiger partial charge in [-0.2, -0.15) is 0 Å². The summed E-state index contributed by atoms with van der Waals surface area (Å²) in [6, 6.07) is 0. The minimum atomic E-state index is -0.810. The summed E-state index contributed by atoms with van der Waals surface area (Å²) >= 11 is 0. The van der Waals surface area contributed by atoms with Crippen molar-refractivity contribution < 1.29 is 28.6 Å². The maximum atomic E-state index is 12.8. The van der Waals surface area contributed by atoms with Crippen LogP contribution in [0.4, 0.5) is 0 Å². The van der Waals surface area contributed by atoms with E-state index in [1.807, 2.05) is 0 Å². The molecule has 0 heterocycles. The fourth-order valence-electron chi connectivity index (χ4n) is 7.26. The van der Waals surface area contributed by atoms with Gasteiger partial charge in [-0.05, 0) is 122 Å². The van der Waals surface area contributed by atoms with Crippen molar-refractivity contribution in [1.29, 1.82) is 0 Å². The molecule has 6 nitrogen and oxygen atoms in total. The lowest BCUT2D eigenvalue weighted by Crippen LogP contribution is -2.30. The summed E-state index contributed by atoms with van der Waals surface area (Å²) in [7, 11) is 0. The van der Waals surface area contributed by atoms with E-state index < -0.39 is 6.10 Å². The highest BCUT2D eigenvalue weighted by Gasteiger charge is 2.19. The standard InChI is InChI=1S/C67H104O6/c1-4-7-10-13-15-17-19-21-23-25-27-29-30-31-32-33-34-35-36-38-39-41-43-45-47-49-51-54-57-60-66(69)72-63-64(62-71-65(68)59-56-53-12-9-6-3)73-67(70)61-58-55-52-50-48-46-44-42-40-37-28-26-24-22-20-18-16-14-11-8-5-2/h7-8,10-11,15-18,21-24,27-29,31-32,34-35,37-39,43,45,49,51,64H,4-6,9,12-14,19-20,25-26,30,33,36,40-42,44,46-48,50,52-63H2,1-3H3/b10-7-,11-8-,17-15-,18-16-,23-21-,24-22-,29-27-,32-31-,35-34-,37-28-,39-38-,45-43-,51-49-. The minimum absolute atomic E-state index is 0.107. The molecule has 0 rings (SSSR count). The third-order valence-electron chi connectivity index (χ3n) is 11.5. The monoisotopic (exact) mass is 1000 g/mol. The normalized spacial score (nSPS) is 13.3. The van der Waals surface area contributed by atoms with Gasteiger partial charge in [0.15, 0.2) is 6.10 Å². The van der Waals surface area contributed by atoms with Gasteiger partial charge in [-0.3, -0.25) is 14.4 Å². The quantitative estimate of drug-likeness (QED) is 0.0261. The summed E-state index contributed by atoms with van der Waals surface area (Å²) in [5.74, 6) is -1.00. The van der Waals surface area contributed by atoms with Gasteiger partial charge in [-0.1, -0.05) is 243 Å². The van der Waals surface area contributed by atoms with Crippen molar-refractivity contribution in [3.05, 3.63) is 158 Å². The van der Waals surface area contributed by atoms with Crippen molar-refractivity contribution in [3.8, 4) is 0 Å². The molecule has 408 valence electrons. The molecule has 0 aliphatic carbocycles. The van der Waals surface area contributed by atoms with E-state index >= 15 is 0 Å². The summed E-state index contributed by atoms with van der Waals surface area (Å²) in [6.07, 6.45) is 87.1. The largest absolute Gasteiger partial charge is 0.462 e. The number of allylic oxidation sites excluding steroid dienone is 26. The third-order valence-corrected chi connectivity index (χ3v) is 11.5. The van der Waals surface area contributed by atoms with E-state index in [-0.39, 0.29) is 37.5 Å². The Hall–Kier alpha value is -4.97. The van der Waals surface area contributed by atoms with E-state index in [2.05, 4.69) is 179 Å². The lowest BCUT2D eigenvalue weighted by molar-refractivity contribution is -0.167. The van der Waals surface area contributed by atoms with E-state index in [0.717, 1.165) is 148 Å². The first kappa shape index (κ1) is 68.0. The van der Waals surface area contributed by atoms with Crippen molar-refractivity contribution in [1.82, 2.24) is 0 Å². The molecule has 0 saturated heterocycles. The van der Waals surface area contributed by atoms with E-state index in [0.29, 0.717) is 19.3 Å². The molecule has 0 fully saturated rings. The Kier molecular flexibility index (Phi) is 55.5. The zero-order chi connectivity index (χ0) is 52.9. The third kappa shape index (κ3) is 57.8. The molecule has 6 heteroatoms. The van der Waals surface area contributed by atoms with Gasteiger partial charge in [0.1, 0.15) is 13.2 Å². The van der Waals surface area contributed by atoms with E-state index in [9.17, 15) is 14.4 Å². The highest BCUT2D eigenvalue weighted by atomic mass is 16.6. The van der Waals surface area contributed by atoms with Crippen molar-refractivity contribution in [2.24, 2.45) is 0 Å². The summed E-state index contributed by atoms with van der Waals surface area (Å²) in [5, 5.41) is 0. The van der Waals surface area contributed by atoms with Crippen LogP contribution < -0.4 is 0 Å². The molecule has 0 aromatic rings. The van der Waals surface area contributed by atoms with Crippen molar-refractivity contribution in [3.63, 3.8) is 0 Å². The SMILES string of the molecule is CC/C=C\C/C=C\C/C=C\C/C=C\C/C=C\C/C=C\C/C=C\C/C=C\C/C=C\CCCC(=O)OCC(COC(=O)CCCCCCC)OC(=O)CCCCCCCCCC/C=C\C/C=C\C/C=C\C/C=C\CC. The predicted octanol–water partition coefficient (Wildman–Crippen LogP) is 19.8. The Bertz CT molecular complexity index is 1670. The topological polar surface area (TPSA) is 78.9 Å². The lowest BCUT2D eigenvalue weighted by Gasteiger charge is -2.18. The second-order valence-electron chi connectivity index (χ2n) is 18.4. The zero-order valence-corrected chi connectivity index (χ0v) is 46.6. The first-order valence-corrected chi connectivity index (χ1v) is 29.0. The van der Waals surface area contributed by atoms with E-state index in [4.69, 9.17) is 14.2 Å². The maximum absolute atomic E-state index is 12.8. The van der Waals surface area contributed by atoms with Gasteiger partial charge in [0, 0.05) is 19.3 Å². The maximum Gasteiger partial charge on any atom is 0.306 e. The molecule has 1 unspecified atom stereocenters. The Morgan fingerprint density at radius 2 is 0.548 bits per heavy atom. The molecular weight excluding hydrogens is 901 g/mol. The number of esters is 3. The van der Waals surface area contributed by atoms with Crippen LogP contribution in [0.3, 0.4) is 0 Å². The fourth-order valence-corrected chi connectivity index (χ4v) is 7.26. The number of ether oxygens (including phenoxy) is 3. The van der Waals surface area contributed by atoms with Crippen LogP contribution in [0, 0.1) is 0 Å². The molecule has 0 bridgehead atoms. The molecule has 1 atom stereocenters. The first-order valence-electron chi connectivity index (χ1n) is 29.0. The van der Waals surface area contributed by atoms with Crippen LogP contribution in [0.2, 0.25) is 0 Å². The highest BCUT2D eigenvalue weighted by molar-refractivity contribution is 5.71. The molecular formula is C67H104O6. The molecule has 0 aromatic heterocycles. The van der Waals surface area contributed by atoms with E-state index in [1.165, 1.54) is 32.1 Å². The summed E-state index contributed by atoms with van der Waals surface area (Å²) in [4.78, 5) is 37.8. The van der Waals surface area contributed by atoms with Crippen LogP contribution in [0.5, 0.6) is 0 Å². The molecule has 73 heavy (non-hydrogen) atoms. The Balaban J connectivity index is 4.26. The number of unbranched alkanes of at least 4 members (excludes halogenated alkanes) is 13. The minimum Gasteiger partial charge on any atom is -0.462 e. The molecule has 0 aliphatic rings. The Morgan fingerprint density at radius 1 is 0.288 bits per heavy atom. The summed E-state index contributed by atoms with van der Waals surface area (Å²) in [6.45, 7) is 6.25. The molecule has 0 radical (unpaired) electrons. The number of carbonyl (C=O) groups excluding carboxylic acids is 3.